The summed E-state index contributed by atoms with van der Waals surface area (Å²) in [6.45, 7) is -0.378. The van der Waals surface area contributed by atoms with Crippen LogP contribution in [0.1, 0.15) is 12.8 Å². The number of benzene rings is 1. The first-order chi connectivity index (χ1) is 9.42. The van der Waals surface area contributed by atoms with Crippen molar-refractivity contribution < 1.29 is 30.0 Å². The molecule has 1 rings (SSSR count). The largest absolute Gasteiger partial charge is 0.389 e. The van der Waals surface area contributed by atoms with E-state index in [0.717, 1.165) is 24.3 Å². The average Bonchev–Trinajstić information content (AvgIpc) is 2.33. The molecule has 5 nitrogen and oxygen atoms in total. The van der Waals surface area contributed by atoms with E-state index in [1.54, 1.807) is 0 Å². The Morgan fingerprint density at radius 2 is 1.48 bits per heavy atom. The van der Waals surface area contributed by atoms with E-state index in [4.69, 9.17) is 10.7 Å². The lowest BCUT2D eigenvalue weighted by Gasteiger charge is -2.08. The summed E-state index contributed by atoms with van der Waals surface area (Å²) in [5.74, 6) is 0. The monoisotopic (exact) mass is 365 g/mol. The highest BCUT2D eigenvalue weighted by atomic mass is 35.7. The van der Waals surface area contributed by atoms with Crippen molar-refractivity contribution in [1.82, 2.24) is 4.72 Å². The summed E-state index contributed by atoms with van der Waals surface area (Å²) in [5, 5.41) is 0. The summed E-state index contributed by atoms with van der Waals surface area (Å²) in [5.41, 5.74) is 0. The lowest BCUT2D eigenvalue weighted by Crippen LogP contribution is -2.25. The highest BCUT2D eigenvalue weighted by Crippen LogP contribution is 2.21. The Hall–Kier alpha value is -0.840. The first-order valence-electron chi connectivity index (χ1n) is 5.53. The van der Waals surface area contributed by atoms with E-state index in [0.29, 0.717) is 0 Å². The van der Waals surface area contributed by atoms with Crippen LogP contribution in [0.15, 0.2) is 34.1 Å². The summed E-state index contributed by atoms with van der Waals surface area (Å²) >= 11 is 0. The molecule has 0 saturated carbocycles. The van der Waals surface area contributed by atoms with E-state index in [-0.39, 0.29) is 16.3 Å². The Balaban J connectivity index is 2.71. The van der Waals surface area contributed by atoms with Gasteiger partial charge in [-0.25, -0.2) is 21.6 Å². The molecule has 0 saturated heterocycles. The van der Waals surface area contributed by atoms with Crippen LogP contribution in [0.25, 0.3) is 0 Å². The third-order valence-corrected chi connectivity index (χ3v) is 5.19. The van der Waals surface area contributed by atoms with Gasteiger partial charge in [-0.3, -0.25) is 0 Å². The minimum absolute atomic E-state index is 0.265. The molecule has 0 atom stereocenters. The smallest absolute Gasteiger partial charge is 0.211 e. The van der Waals surface area contributed by atoms with Crippen molar-refractivity contribution >= 4 is 29.8 Å². The lowest BCUT2D eigenvalue weighted by molar-refractivity contribution is -0.135. The van der Waals surface area contributed by atoms with Crippen molar-refractivity contribution in [3.8, 4) is 0 Å². The zero-order valence-corrected chi connectivity index (χ0v) is 12.8. The van der Waals surface area contributed by atoms with Gasteiger partial charge in [0, 0.05) is 23.6 Å². The Kier molecular flexibility index (Phi) is 5.64. The molecule has 0 spiro atoms. The quantitative estimate of drug-likeness (QED) is 0.619. The van der Waals surface area contributed by atoms with Crippen LogP contribution < -0.4 is 4.72 Å². The van der Waals surface area contributed by atoms with Crippen LogP contribution in [-0.4, -0.2) is 29.6 Å². The predicted octanol–water partition coefficient (Wildman–Crippen LogP) is 2.23. The molecule has 0 aliphatic rings. The molecular weight excluding hydrogens is 355 g/mol. The maximum Gasteiger partial charge on any atom is 0.389 e. The van der Waals surface area contributed by atoms with E-state index in [9.17, 15) is 30.0 Å². The molecule has 1 N–H and O–H groups in total. The fraction of sp³-hybridized carbons (Fsp3) is 0.400. The Morgan fingerprint density at radius 1 is 1.00 bits per heavy atom. The minimum Gasteiger partial charge on any atom is -0.211 e. The third kappa shape index (κ3) is 6.20. The average molecular weight is 366 g/mol. The topological polar surface area (TPSA) is 80.3 Å². The molecule has 0 heterocycles. The van der Waals surface area contributed by atoms with Crippen LogP contribution in [0.4, 0.5) is 13.2 Å². The predicted molar refractivity (Wildman–Crippen MR) is 70.0 cm³/mol. The van der Waals surface area contributed by atoms with Crippen molar-refractivity contribution in [2.24, 2.45) is 0 Å². The van der Waals surface area contributed by atoms with Gasteiger partial charge in [0.1, 0.15) is 0 Å². The first kappa shape index (κ1) is 18.2. The molecule has 0 fully saturated rings. The second kappa shape index (κ2) is 6.51. The molecule has 1 aromatic rings. The summed E-state index contributed by atoms with van der Waals surface area (Å²) in [7, 11) is -2.89. The zero-order valence-electron chi connectivity index (χ0n) is 10.4. The zero-order chi connectivity index (χ0) is 16.3. The van der Waals surface area contributed by atoms with Gasteiger partial charge in [0.15, 0.2) is 0 Å². The van der Waals surface area contributed by atoms with Gasteiger partial charge in [0.05, 0.1) is 9.79 Å². The van der Waals surface area contributed by atoms with Crippen molar-refractivity contribution in [3.63, 3.8) is 0 Å². The van der Waals surface area contributed by atoms with Crippen molar-refractivity contribution in [2.75, 3.05) is 6.54 Å². The highest BCUT2D eigenvalue weighted by molar-refractivity contribution is 8.13. The van der Waals surface area contributed by atoms with Gasteiger partial charge in [0.2, 0.25) is 10.0 Å². The fourth-order valence-corrected chi connectivity index (χ4v) is 3.20. The van der Waals surface area contributed by atoms with E-state index >= 15 is 0 Å². The summed E-state index contributed by atoms with van der Waals surface area (Å²) in [6, 6.07) is 3.99. The Morgan fingerprint density at radius 3 is 1.90 bits per heavy atom. The molecule has 0 aromatic heterocycles. The second-order valence-electron chi connectivity index (χ2n) is 4.03. The second-order valence-corrected chi connectivity index (χ2v) is 8.36. The van der Waals surface area contributed by atoms with Crippen LogP contribution in [-0.2, 0) is 19.1 Å². The molecule has 1 aromatic carbocycles. The van der Waals surface area contributed by atoms with E-state index < -0.39 is 38.1 Å². The molecule has 120 valence electrons. The van der Waals surface area contributed by atoms with Gasteiger partial charge in [-0.15, -0.1) is 0 Å². The fourth-order valence-electron chi connectivity index (χ4n) is 1.36. The normalized spacial score (nSPS) is 13.3. The van der Waals surface area contributed by atoms with Crippen LogP contribution in [0.2, 0.25) is 0 Å². The van der Waals surface area contributed by atoms with E-state index in [2.05, 4.69) is 0 Å². The number of rotatable bonds is 6. The molecule has 0 unspecified atom stereocenters. The summed E-state index contributed by atoms with van der Waals surface area (Å²) < 4.78 is 83.2. The molecular formula is C10H11ClF3NO4S2. The van der Waals surface area contributed by atoms with Gasteiger partial charge in [-0.1, -0.05) is 0 Å². The molecule has 0 amide bonds. The lowest BCUT2D eigenvalue weighted by atomic mass is 10.3. The number of nitrogens with one attached hydrogen (secondary N) is 1. The SMILES string of the molecule is O=S(=O)(Cl)c1ccc(S(=O)(=O)NCCCC(F)(F)F)cc1. The standard InChI is InChI=1S/C10H11ClF3NO4S2/c11-20(16,17)8-2-4-9(5-3-8)21(18,19)15-7-1-6-10(12,13)14/h2-5,15H,1,6-7H2. The number of sulfonamides is 1. The van der Waals surface area contributed by atoms with Gasteiger partial charge < -0.3 is 0 Å². The first-order valence-corrected chi connectivity index (χ1v) is 9.32. The van der Waals surface area contributed by atoms with E-state index in [1.165, 1.54) is 0 Å². The van der Waals surface area contributed by atoms with Gasteiger partial charge in [-0.2, -0.15) is 13.2 Å². The van der Waals surface area contributed by atoms with Crippen LogP contribution in [0.5, 0.6) is 0 Å². The maximum atomic E-state index is 11.9. The highest BCUT2D eigenvalue weighted by Gasteiger charge is 2.26. The minimum atomic E-state index is -4.35. The number of hydrogen-bond donors (Lipinski definition) is 1. The van der Waals surface area contributed by atoms with Crippen LogP contribution in [0, 0.1) is 0 Å². The van der Waals surface area contributed by atoms with E-state index in [1.807, 2.05) is 4.72 Å². The molecule has 0 aliphatic heterocycles. The molecule has 0 aliphatic carbocycles. The van der Waals surface area contributed by atoms with Gasteiger partial charge in [0.25, 0.3) is 9.05 Å². The van der Waals surface area contributed by atoms with Crippen molar-refractivity contribution in [2.45, 2.75) is 28.8 Å². The Labute approximate surface area is 124 Å². The van der Waals surface area contributed by atoms with Crippen LogP contribution >= 0.6 is 10.7 Å². The molecule has 11 heteroatoms. The summed E-state index contributed by atoms with van der Waals surface area (Å²) in [6.07, 6.45) is -5.84. The number of alkyl halides is 3. The third-order valence-electron chi connectivity index (χ3n) is 2.34. The van der Waals surface area contributed by atoms with Gasteiger partial charge >= 0.3 is 6.18 Å². The summed E-state index contributed by atoms with van der Waals surface area (Å²) in [4.78, 5) is -0.543. The number of halogens is 4. The molecule has 0 radical (unpaired) electrons. The molecule has 0 bridgehead atoms. The maximum absolute atomic E-state index is 11.9. The van der Waals surface area contributed by atoms with Crippen LogP contribution in [0.3, 0.4) is 0 Å². The van der Waals surface area contributed by atoms with Crippen molar-refractivity contribution in [1.29, 1.82) is 0 Å². The number of hydrogen-bond acceptors (Lipinski definition) is 4. The molecule has 21 heavy (non-hydrogen) atoms. The van der Waals surface area contributed by atoms with Crippen molar-refractivity contribution in [3.05, 3.63) is 24.3 Å². The van der Waals surface area contributed by atoms with Gasteiger partial charge in [-0.05, 0) is 30.7 Å². The Bertz CT molecular complexity index is 684.